The highest BCUT2D eigenvalue weighted by Crippen LogP contribution is 2.33. The lowest BCUT2D eigenvalue weighted by molar-refractivity contribution is -0.122. The zero-order chi connectivity index (χ0) is 30.1. The standard InChI is InChI=1S/C30H37N7O5/c1-4-41-25-18-21(9-12-24(25)42-19(2)3)26(34-22-10-7-20(8-11-22)27(31)32)30(39)36-35-29(38)23-6-5-13-33-28(23)37-14-16-40-17-15-37/h5-13,18-19,26,34H,4,14-17H2,1-3H3,(H3,31,32)(H,35,38)(H,36,39). The van der Waals surface area contributed by atoms with Gasteiger partial charge >= 0.3 is 0 Å². The average molecular weight is 576 g/mol. The van der Waals surface area contributed by atoms with Crippen molar-refractivity contribution in [3.8, 4) is 11.5 Å². The van der Waals surface area contributed by atoms with E-state index < -0.39 is 17.9 Å². The number of amides is 2. The largest absolute Gasteiger partial charge is 0.490 e. The second-order valence-electron chi connectivity index (χ2n) is 9.79. The molecule has 12 nitrogen and oxygen atoms in total. The van der Waals surface area contributed by atoms with Gasteiger partial charge in [-0.3, -0.25) is 25.8 Å². The van der Waals surface area contributed by atoms with E-state index in [1.54, 1.807) is 60.8 Å². The maximum absolute atomic E-state index is 13.6. The maximum Gasteiger partial charge on any atom is 0.273 e. The number of carbonyl (C=O) groups is 2. The van der Waals surface area contributed by atoms with Crippen molar-refractivity contribution in [2.45, 2.75) is 32.9 Å². The molecule has 1 fully saturated rings. The molecule has 1 aromatic heterocycles. The number of pyridine rings is 1. The van der Waals surface area contributed by atoms with Gasteiger partial charge in [0.2, 0.25) is 0 Å². The van der Waals surface area contributed by atoms with Crippen LogP contribution in [0.1, 0.15) is 48.3 Å². The number of hydrazine groups is 1. The van der Waals surface area contributed by atoms with E-state index in [4.69, 9.17) is 25.4 Å². The first-order chi connectivity index (χ1) is 20.3. The van der Waals surface area contributed by atoms with E-state index >= 15 is 0 Å². The van der Waals surface area contributed by atoms with Crippen LogP contribution in [0.15, 0.2) is 60.8 Å². The molecule has 12 heteroatoms. The smallest absolute Gasteiger partial charge is 0.273 e. The first kappa shape index (κ1) is 30.1. The Morgan fingerprint density at radius 2 is 1.81 bits per heavy atom. The lowest BCUT2D eigenvalue weighted by atomic mass is 10.0. The number of carbonyl (C=O) groups excluding carboxylic acids is 2. The van der Waals surface area contributed by atoms with E-state index in [1.807, 2.05) is 25.7 Å². The summed E-state index contributed by atoms with van der Waals surface area (Å²) in [5.41, 5.74) is 12.8. The van der Waals surface area contributed by atoms with Crippen LogP contribution in [0.2, 0.25) is 0 Å². The first-order valence-corrected chi connectivity index (χ1v) is 13.8. The van der Waals surface area contributed by atoms with Crippen LogP contribution in [0, 0.1) is 5.41 Å². The van der Waals surface area contributed by atoms with Gasteiger partial charge in [-0.1, -0.05) is 6.07 Å². The van der Waals surface area contributed by atoms with Gasteiger partial charge in [0.05, 0.1) is 31.5 Å². The van der Waals surface area contributed by atoms with Crippen molar-refractivity contribution in [1.29, 1.82) is 5.41 Å². The Labute approximate surface area is 245 Å². The molecule has 0 bridgehead atoms. The number of anilines is 2. The molecule has 42 heavy (non-hydrogen) atoms. The lowest BCUT2D eigenvalue weighted by Crippen LogP contribution is -2.46. The third-order valence-electron chi connectivity index (χ3n) is 6.37. The molecule has 4 rings (SSSR count). The lowest BCUT2D eigenvalue weighted by Gasteiger charge is -2.29. The summed E-state index contributed by atoms with van der Waals surface area (Å²) in [5, 5.41) is 10.9. The van der Waals surface area contributed by atoms with Crippen LogP contribution in [0.25, 0.3) is 0 Å². The number of nitrogens with two attached hydrogens (primary N) is 1. The van der Waals surface area contributed by atoms with E-state index in [9.17, 15) is 9.59 Å². The number of ether oxygens (including phenoxy) is 3. The van der Waals surface area contributed by atoms with Crippen LogP contribution in [0.5, 0.6) is 11.5 Å². The van der Waals surface area contributed by atoms with Crippen molar-refractivity contribution in [2.24, 2.45) is 5.73 Å². The summed E-state index contributed by atoms with van der Waals surface area (Å²) in [5.74, 6) is 0.488. The van der Waals surface area contributed by atoms with E-state index in [0.717, 1.165) is 0 Å². The fraction of sp³-hybridized carbons (Fsp3) is 0.333. The summed E-state index contributed by atoms with van der Waals surface area (Å²) < 4.78 is 17.1. The maximum atomic E-state index is 13.6. The van der Waals surface area contributed by atoms with Crippen molar-refractivity contribution in [1.82, 2.24) is 15.8 Å². The topological polar surface area (TPSA) is 164 Å². The number of nitrogen functional groups attached to an aromatic ring is 1. The van der Waals surface area contributed by atoms with Crippen molar-refractivity contribution in [3.05, 3.63) is 77.5 Å². The Hall–Kier alpha value is -4.84. The Kier molecular flexibility index (Phi) is 10.2. The summed E-state index contributed by atoms with van der Waals surface area (Å²) in [4.78, 5) is 33.2. The fourth-order valence-corrected chi connectivity index (χ4v) is 4.40. The monoisotopic (exact) mass is 575 g/mol. The molecule has 3 aromatic rings. The second kappa shape index (κ2) is 14.2. The summed E-state index contributed by atoms with van der Waals surface area (Å²) in [6.45, 7) is 8.40. The van der Waals surface area contributed by atoms with Gasteiger partial charge in [0.1, 0.15) is 17.7 Å². The van der Waals surface area contributed by atoms with Gasteiger partial charge in [0, 0.05) is 30.5 Å². The predicted molar refractivity (Wildman–Crippen MR) is 160 cm³/mol. The van der Waals surface area contributed by atoms with Gasteiger partial charge in [-0.2, -0.15) is 0 Å². The molecule has 0 saturated carbocycles. The number of nitrogens with one attached hydrogen (secondary N) is 4. The number of hydrogen-bond donors (Lipinski definition) is 5. The molecule has 2 heterocycles. The number of amidine groups is 1. The highest BCUT2D eigenvalue weighted by Gasteiger charge is 2.25. The molecule has 1 atom stereocenters. The minimum Gasteiger partial charge on any atom is -0.490 e. The van der Waals surface area contributed by atoms with Crippen LogP contribution in [-0.2, 0) is 9.53 Å². The fourth-order valence-electron chi connectivity index (χ4n) is 4.40. The van der Waals surface area contributed by atoms with Gasteiger partial charge < -0.3 is 30.2 Å². The molecule has 1 unspecified atom stereocenters. The summed E-state index contributed by atoms with van der Waals surface area (Å²) in [6.07, 6.45) is 1.55. The third-order valence-corrected chi connectivity index (χ3v) is 6.37. The Bertz CT molecular complexity index is 1390. The predicted octanol–water partition coefficient (Wildman–Crippen LogP) is 3.00. The van der Waals surface area contributed by atoms with Crippen molar-refractivity contribution < 1.29 is 23.8 Å². The average Bonchev–Trinajstić information content (AvgIpc) is 3.00. The molecule has 2 aromatic carbocycles. The molecule has 6 N–H and O–H groups in total. The van der Waals surface area contributed by atoms with Gasteiger partial charge in [-0.25, -0.2) is 4.98 Å². The van der Waals surface area contributed by atoms with Gasteiger partial charge in [0.15, 0.2) is 11.5 Å². The molecule has 1 aliphatic rings. The molecule has 1 aliphatic heterocycles. The van der Waals surface area contributed by atoms with Crippen LogP contribution < -0.4 is 36.3 Å². The van der Waals surface area contributed by atoms with Crippen molar-refractivity contribution in [3.63, 3.8) is 0 Å². The number of rotatable bonds is 11. The van der Waals surface area contributed by atoms with E-state index in [0.29, 0.717) is 72.6 Å². The molecular formula is C30H37N7O5. The molecule has 0 radical (unpaired) electrons. The molecule has 1 saturated heterocycles. The number of hydrogen-bond acceptors (Lipinski definition) is 9. The minimum absolute atomic E-state index is 0.0625. The van der Waals surface area contributed by atoms with E-state index in [1.165, 1.54) is 0 Å². The molecule has 0 aliphatic carbocycles. The van der Waals surface area contributed by atoms with E-state index in [2.05, 4.69) is 21.2 Å². The normalized spacial score (nSPS) is 13.7. The van der Waals surface area contributed by atoms with Crippen molar-refractivity contribution >= 4 is 29.2 Å². The molecule has 0 spiro atoms. The van der Waals surface area contributed by atoms with Gasteiger partial charge in [-0.05, 0) is 74.9 Å². The molecular weight excluding hydrogens is 538 g/mol. The van der Waals surface area contributed by atoms with Crippen LogP contribution in [0.3, 0.4) is 0 Å². The van der Waals surface area contributed by atoms with Crippen LogP contribution in [0.4, 0.5) is 11.5 Å². The number of nitrogens with zero attached hydrogens (tertiary/aromatic N) is 2. The number of morpholine rings is 1. The van der Waals surface area contributed by atoms with Gasteiger partial charge in [0.25, 0.3) is 11.8 Å². The van der Waals surface area contributed by atoms with Crippen LogP contribution in [-0.4, -0.2) is 61.6 Å². The third kappa shape index (κ3) is 7.67. The zero-order valence-corrected chi connectivity index (χ0v) is 24.0. The zero-order valence-electron chi connectivity index (χ0n) is 24.0. The highest BCUT2D eigenvalue weighted by atomic mass is 16.5. The Morgan fingerprint density at radius 3 is 2.48 bits per heavy atom. The second-order valence-corrected chi connectivity index (χ2v) is 9.79. The van der Waals surface area contributed by atoms with E-state index in [-0.39, 0.29) is 11.9 Å². The highest BCUT2D eigenvalue weighted by molar-refractivity contribution is 6.00. The molecule has 2 amide bonds. The first-order valence-electron chi connectivity index (χ1n) is 13.8. The van der Waals surface area contributed by atoms with Gasteiger partial charge in [-0.15, -0.1) is 0 Å². The summed E-state index contributed by atoms with van der Waals surface area (Å²) >= 11 is 0. The summed E-state index contributed by atoms with van der Waals surface area (Å²) in [6, 6.07) is 14.5. The van der Waals surface area contributed by atoms with Crippen LogP contribution >= 0.6 is 0 Å². The quantitative estimate of drug-likeness (QED) is 0.131. The van der Waals surface area contributed by atoms with Crippen molar-refractivity contribution in [2.75, 3.05) is 43.1 Å². The Morgan fingerprint density at radius 1 is 1.07 bits per heavy atom. The number of aromatic nitrogens is 1. The molecule has 222 valence electrons. The number of benzene rings is 2. The SMILES string of the molecule is CCOc1cc(C(Nc2ccc(C(=N)N)cc2)C(=O)NNC(=O)c2cccnc2N2CCOCC2)ccc1OC(C)C. The summed E-state index contributed by atoms with van der Waals surface area (Å²) in [7, 11) is 0. The minimum atomic E-state index is -0.937. The Balaban J connectivity index is 1.58.